The number of fused-ring (bicyclic) bond motifs is 7. The fourth-order valence-electron chi connectivity index (χ4n) is 6.68. The smallest absolute Gasteiger partial charge is 0.136 e. The Labute approximate surface area is 246 Å². The van der Waals surface area contributed by atoms with E-state index in [0.29, 0.717) is 0 Å². The van der Waals surface area contributed by atoms with Crippen LogP contribution in [-0.2, 0) is 0 Å². The molecule has 7 aromatic carbocycles. The predicted octanol–water partition coefficient (Wildman–Crippen LogP) is 12.1. The van der Waals surface area contributed by atoms with Gasteiger partial charge in [-0.05, 0) is 68.1 Å². The molecule has 0 bridgehead atoms. The minimum atomic E-state index is 0.907. The molecule has 0 aliphatic heterocycles. The summed E-state index contributed by atoms with van der Waals surface area (Å²) in [5.74, 6) is 0.907. The van der Waals surface area contributed by atoms with Crippen LogP contribution in [0.3, 0.4) is 0 Å². The minimum Gasteiger partial charge on any atom is -0.456 e. The van der Waals surface area contributed by atoms with E-state index in [1.165, 1.54) is 69.4 Å². The van der Waals surface area contributed by atoms with E-state index in [1.54, 1.807) is 0 Å². The van der Waals surface area contributed by atoms with E-state index in [1.807, 2.05) is 17.4 Å². The molecule has 0 unspecified atom stereocenters. The fraction of sp³-hybridized carbons (Fsp3) is 0. The Kier molecular flexibility index (Phi) is 5.13. The summed E-state index contributed by atoms with van der Waals surface area (Å²) in [5.41, 5.74) is 7.13. The van der Waals surface area contributed by atoms with Crippen LogP contribution in [-0.4, -0.2) is 0 Å². The van der Waals surface area contributed by atoms with Gasteiger partial charge < -0.3 is 4.42 Å². The van der Waals surface area contributed by atoms with Crippen molar-refractivity contribution in [2.75, 3.05) is 0 Å². The molecule has 9 rings (SSSR count). The molecule has 0 spiro atoms. The quantitative estimate of drug-likeness (QED) is 0.199. The molecule has 42 heavy (non-hydrogen) atoms. The lowest BCUT2D eigenvalue weighted by Crippen LogP contribution is -1.91. The molecule has 196 valence electrons. The van der Waals surface area contributed by atoms with Gasteiger partial charge in [-0.15, -0.1) is 11.3 Å². The summed E-state index contributed by atoms with van der Waals surface area (Å²) in [6.45, 7) is 0. The third kappa shape index (κ3) is 3.43. The van der Waals surface area contributed by atoms with Gasteiger partial charge in [0, 0.05) is 31.1 Å². The number of hydrogen-bond donors (Lipinski definition) is 0. The van der Waals surface area contributed by atoms with Gasteiger partial charge in [-0.1, -0.05) is 121 Å². The highest BCUT2D eigenvalue weighted by atomic mass is 32.1. The molecule has 0 amide bonds. The highest BCUT2D eigenvalue weighted by Gasteiger charge is 2.20. The highest BCUT2D eigenvalue weighted by molar-refractivity contribution is 7.26. The highest BCUT2D eigenvalue weighted by Crippen LogP contribution is 2.49. The van der Waals surface area contributed by atoms with E-state index in [-0.39, 0.29) is 0 Å². The van der Waals surface area contributed by atoms with E-state index in [9.17, 15) is 0 Å². The zero-order valence-electron chi connectivity index (χ0n) is 22.7. The zero-order valence-corrected chi connectivity index (χ0v) is 23.5. The van der Waals surface area contributed by atoms with Crippen molar-refractivity contribution in [2.45, 2.75) is 0 Å². The maximum atomic E-state index is 6.35. The summed E-state index contributed by atoms with van der Waals surface area (Å²) < 4.78 is 8.91. The predicted molar refractivity (Wildman–Crippen MR) is 180 cm³/mol. The SMILES string of the molecule is c1ccc(-c2cc3c(ccc4c3sc3cccc(-c5c6ccccc6c(-c6ccccc6)c6ccccc56)c34)o2)cc1. The average Bonchev–Trinajstić information content (AvgIpc) is 3.66. The molecule has 0 N–H and O–H groups in total. The first-order chi connectivity index (χ1) is 20.8. The average molecular weight is 553 g/mol. The van der Waals surface area contributed by atoms with Crippen LogP contribution in [0.4, 0.5) is 0 Å². The summed E-state index contributed by atoms with van der Waals surface area (Å²) in [7, 11) is 0. The first-order valence-electron chi connectivity index (χ1n) is 14.3. The molecule has 0 fully saturated rings. The van der Waals surface area contributed by atoms with Crippen LogP contribution in [0.1, 0.15) is 0 Å². The molecule has 0 saturated heterocycles. The standard InChI is InChI=1S/C40H24OS/c1-3-12-25(13-4-1)35-24-33-34(41-35)23-22-32-39-31(20-11-21-36(39)42-40(32)33)38-29-18-9-7-16-27(29)37(26-14-5-2-6-15-26)28-17-8-10-19-30(28)38/h1-24H. The van der Waals surface area contributed by atoms with Gasteiger partial charge in [0.15, 0.2) is 0 Å². The summed E-state index contributed by atoms with van der Waals surface area (Å²) in [5, 5.41) is 8.86. The fourth-order valence-corrected chi connectivity index (χ4v) is 7.92. The van der Waals surface area contributed by atoms with Crippen LogP contribution in [0.15, 0.2) is 150 Å². The summed E-state index contributed by atoms with van der Waals surface area (Å²) in [4.78, 5) is 0. The van der Waals surface area contributed by atoms with E-state index >= 15 is 0 Å². The van der Waals surface area contributed by atoms with Crippen LogP contribution in [0.25, 0.3) is 86.3 Å². The van der Waals surface area contributed by atoms with E-state index in [0.717, 1.165) is 16.9 Å². The third-order valence-corrected chi connectivity index (χ3v) is 9.68. The van der Waals surface area contributed by atoms with Gasteiger partial charge in [0.05, 0.1) is 0 Å². The van der Waals surface area contributed by atoms with Crippen molar-refractivity contribution in [3.8, 4) is 33.6 Å². The molecule has 0 aliphatic carbocycles. The Morgan fingerprint density at radius 2 is 1.02 bits per heavy atom. The molecule has 2 heteroatoms. The van der Waals surface area contributed by atoms with Gasteiger partial charge in [-0.25, -0.2) is 0 Å². The summed E-state index contributed by atoms with van der Waals surface area (Å²) >= 11 is 1.86. The molecule has 0 saturated carbocycles. The van der Waals surface area contributed by atoms with Gasteiger partial charge in [0.25, 0.3) is 0 Å². The second-order valence-electron chi connectivity index (χ2n) is 10.8. The van der Waals surface area contributed by atoms with Gasteiger partial charge in [-0.3, -0.25) is 0 Å². The van der Waals surface area contributed by atoms with Crippen molar-refractivity contribution in [1.82, 2.24) is 0 Å². The zero-order chi connectivity index (χ0) is 27.6. The van der Waals surface area contributed by atoms with E-state index < -0.39 is 0 Å². The molecule has 2 aromatic heterocycles. The Bertz CT molecular complexity index is 2390. The van der Waals surface area contributed by atoms with Crippen molar-refractivity contribution < 1.29 is 4.42 Å². The van der Waals surface area contributed by atoms with Gasteiger partial charge in [0.2, 0.25) is 0 Å². The monoisotopic (exact) mass is 552 g/mol. The molecule has 1 nitrogen and oxygen atoms in total. The number of furan rings is 1. The minimum absolute atomic E-state index is 0.907. The lowest BCUT2D eigenvalue weighted by molar-refractivity contribution is 0.632. The normalized spacial score (nSPS) is 11.8. The molecule has 0 aliphatic rings. The third-order valence-electron chi connectivity index (χ3n) is 8.48. The van der Waals surface area contributed by atoms with Crippen molar-refractivity contribution in [2.24, 2.45) is 0 Å². The number of thiophene rings is 1. The molecular weight excluding hydrogens is 529 g/mol. The topological polar surface area (TPSA) is 13.1 Å². The lowest BCUT2D eigenvalue weighted by Gasteiger charge is -2.18. The van der Waals surface area contributed by atoms with Gasteiger partial charge in [0.1, 0.15) is 11.3 Å². The van der Waals surface area contributed by atoms with Crippen LogP contribution < -0.4 is 0 Å². The number of benzene rings is 7. The molecular formula is C40H24OS. The van der Waals surface area contributed by atoms with Gasteiger partial charge >= 0.3 is 0 Å². The van der Waals surface area contributed by atoms with Crippen molar-refractivity contribution in [3.05, 3.63) is 146 Å². The second kappa shape index (κ2) is 9.17. The van der Waals surface area contributed by atoms with Crippen LogP contribution in [0.5, 0.6) is 0 Å². The second-order valence-corrected chi connectivity index (χ2v) is 11.9. The molecule has 0 atom stereocenters. The first kappa shape index (κ1) is 23.5. The van der Waals surface area contributed by atoms with Crippen LogP contribution in [0, 0.1) is 0 Å². The molecule has 0 radical (unpaired) electrons. The number of rotatable bonds is 3. The van der Waals surface area contributed by atoms with Crippen molar-refractivity contribution in [1.29, 1.82) is 0 Å². The van der Waals surface area contributed by atoms with Crippen molar-refractivity contribution in [3.63, 3.8) is 0 Å². The Hall–Kier alpha value is -5.18. The van der Waals surface area contributed by atoms with Crippen molar-refractivity contribution >= 4 is 64.0 Å². The maximum Gasteiger partial charge on any atom is 0.136 e. The maximum absolute atomic E-state index is 6.35. The Morgan fingerprint density at radius 1 is 0.429 bits per heavy atom. The van der Waals surface area contributed by atoms with Crippen LogP contribution >= 0.6 is 11.3 Å². The molecule has 9 aromatic rings. The van der Waals surface area contributed by atoms with E-state index in [2.05, 4.69) is 140 Å². The number of hydrogen-bond acceptors (Lipinski definition) is 2. The molecule has 2 heterocycles. The summed E-state index contributed by atoms with van der Waals surface area (Å²) in [6.07, 6.45) is 0. The summed E-state index contributed by atoms with van der Waals surface area (Å²) in [6, 6.07) is 52.3. The van der Waals surface area contributed by atoms with Gasteiger partial charge in [-0.2, -0.15) is 0 Å². The van der Waals surface area contributed by atoms with Crippen LogP contribution in [0.2, 0.25) is 0 Å². The lowest BCUT2D eigenvalue weighted by atomic mass is 9.85. The first-order valence-corrected chi connectivity index (χ1v) is 15.1. The largest absolute Gasteiger partial charge is 0.456 e. The Morgan fingerprint density at radius 3 is 1.69 bits per heavy atom. The Balaban J connectivity index is 1.39. The van der Waals surface area contributed by atoms with E-state index in [4.69, 9.17) is 4.42 Å².